The Bertz CT molecular complexity index is 694. The summed E-state index contributed by atoms with van der Waals surface area (Å²) < 4.78 is 6.10. The van der Waals surface area contributed by atoms with Crippen molar-refractivity contribution < 1.29 is 4.74 Å². The summed E-state index contributed by atoms with van der Waals surface area (Å²) in [5, 5.41) is 0. The van der Waals surface area contributed by atoms with Gasteiger partial charge in [-0.2, -0.15) is 0 Å². The van der Waals surface area contributed by atoms with E-state index in [0.29, 0.717) is 5.82 Å². The Kier molecular flexibility index (Phi) is 3.14. The Labute approximate surface area is 119 Å². The maximum Gasteiger partial charge on any atom is 0.254 e. The normalized spacial score (nSPS) is 13.4. The fourth-order valence-electron chi connectivity index (χ4n) is 2.38. The Hall–Kier alpha value is -1.62. The van der Waals surface area contributed by atoms with Gasteiger partial charge in [0.05, 0.1) is 12.8 Å². The number of aromatic nitrogens is 2. The number of H-pyrrole nitrogens is 1. The molecule has 0 bridgehead atoms. The second-order valence-electron chi connectivity index (χ2n) is 4.54. The van der Waals surface area contributed by atoms with Crippen molar-refractivity contribution in [1.29, 1.82) is 0 Å². The smallest absolute Gasteiger partial charge is 0.254 e. The van der Waals surface area contributed by atoms with Crippen LogP contribution in [0, 0.1) is 0 Å². The van der Waals surface area contributed by atoms with Crippen molar-refractivity contribution in [3.8, 4) is 17.1 Å². The fourth-order valence-corrected chi connectivity index (χ4v) is 2.82. The molecule has 3 rings (SSSR count). The summed E-state index contributed by atoms with van der Waals surface area (Å²) in [7, 11) is 1.62. The highest BCUT2D eigenvalue weighted by Crippen LogP contribution is 2.30. The summed E-state index contributed by atoms with van der Waals surface area (Å²) in [6.07, 6.45) is 2.72. The van der Waals surface area contributed by atoms with E-state index >= 15 is 0 Å². The standard InChI is InChI=1S/C14H13BrN2O2/c1-19-8-5-6-11(15)10(7-8)13-16-12-4-2-3-9(12)14(18)17-13/h5-7H,2-4H2,1H3,(H,16,17,18). The molecule has 5 heteroatoms. The lowest BCUT2D eigenvalue weighted by molar-refractivity contribution is 0.415. The van der Waals surface area contributed by atoms with Gasteiger partial charge in [0.15, 0.2) is 0 Å². The van der Waals surface area contributed by atoms with Crippen molar-refractivity contribution in [3.63, 3.8) is 0 Å². The molecule has 0 spiro atoms. The Morgan fingerprint density at radius 3 is 3.00 bits per heavy atom. The predicted molar refractivity (Wildman–Crippen MR) is 76.6 cm³/mol. The number of ether oxygens (including phenoxy) is 1. The fraction of sp³-hybridized carbons (Fsp3) is 0.286. The highest BCUT2D eigenvalue weighted by Gasteiger charge is 2.18. The number of aromatic amines is 1. The van der Waals surface area contributed by atoms with E-state index < -0.39 is 0 Å². The van der Waals surface area contributed by atoms with Gasteiger partial charge in [-0.05, 0) is 37.5 Å². The number of aryl methyl sites for hydroxylation is 1. The van der Waals surface area contributed by atoms with Gasteiger partial charge in [-0.25, -0.2) is 4.98 Å². The number of hydrogen-bond donors (Lipinski definition) is 1. The average molecular weight is 321 g/mol. The van der Waals surface area contributed by atoms with E-state index in [4.69, 9.17) is 4.74 Å². The van der Waals surface area contributed by atoms with Crippen LogP contribution in [0.1, 0.15) is 17.7 Å². The minimum Gasteiger partial charge on any atom is -0.497 e. The lowest BCUT2D eigenvalue weighted by Gasteiger charge is -2.08. The molecule has 0 unspecified atom stereocenters. The number of halogens is 1. The topological polar surface area (TPSA) is 55.0 Å². The van der Waals surface area contributed by atoms with Gasteiger partial charge in [0.2, 0.25) is 0 Å². The van der Waals surface area contributed by atoms with E-state index in [0.717, 1.165) is 46.3 Å². The molecule has 1 heterocycles. The number of benzene rings is 1. The largest absolute Gasteiger partial charge is 0.497 e. The molecule has 0 radical (unpaired) electrons. The van der Waals surface area contributed by atoms with E-state index in [2.05, 4.69) is 25.9 Å². The van der Waals surface area contributed by atoms with Crippen molar-refractivity contribution in [1.82, 2.24) is 9.97 Å². The molecule has 0 amide bonds. The molecule has 19 heavy (non-hydrogen) atoms. The molecule has 0 saturated heterocycles. The molecule has 1 aromatic heterocycles. The van der Waals surface area contributed by atoms with E-state index in [1.807, 2.05) is 18.2 Å². The minimum atomic E-state index is -0.0211. The first-order chi connectivity index (χ1) is 9.19. The maximum atomic E-state index is 12.0. The van der Waals surface area contributed by atoms with Gasteiger partial charge in [-0.3, -0.25) is 4.79 Å². The molecule has 0 atom stereocenters. The van der Waals surface area contributed by atoms with Crippen LogP contribution in [-0.2, 0) is 12.8 Å². The van der Waals surface area contributed by atoms with Crippen LogP contribution >= 0.6 is 15.9 Å². The average Bonchev–Trinajstić information content (AvgIpc) is 2.88. The minimum absolute atomic E-state index is 0.0211. The first kappa shape index (κ1) is 12.4. The molecular weight excluding hydrogens is 308 g/mol. The Morgan fingerprint density at radius 1 is 1.37 bits per heavy atom. The molecule has 1 aliphatic rings. The van der Waals surface area contributed by atoms with Crippen LogP contribution in [0.3, 0.4) is 0 Å². The molecular formula is C14H13BrN2O2. The summed E-state index contributed by atoms with van der Waals surface area (Å²) in [5.74, 6) is 1.33. The summed E-state index contributed by atoms with van der Waals surface area (Å²) in [6, 6.07) is 5.62. The second-order valence-corrected chi connectivity index (χ2v) is 5.39. The first-order valence-corrected chi connectivity index (χ1v) is 6.94. The van der Waals surface area contributed by atoms with Crippen LogP contribution < -0.4 is 10.3 Å². The number of methoxy groups -OCH3 is 1. The summed E-state index contributed by atoms with van der Waals surface area (Å²) in [6.45, 7) is 0. The zero-order valence-electron chi connectivity index (χ0n) is 10.5. The quantitative estimate of drug-likeness (QED) is 0.925. The molecule has 1 N–H and O–H groups in total. The third kappa shape index (κ3) is 2.18. The molecule has 0 fully saturated rings. The number of nitrogens with zero attached hydrogens (tertiary/aromatic N) is 1. The predicted octanol–water partition coefficient (Wildman–Crippen LogP) is 2.70. The zero-order chi connectivity index (χ0) is 13.4. The van der Waals surface area contributed by atoms with Gasteiger partial charge in [-0.1, -0.05) is 15.9 Å². The monoisotopic (exact) mass is 320 g/mol. The van der Waals surface area contributed by atoms with E-state index in [9.17, 15) is 4.79 Å². The Balaban J connectivity index is 2.17. The van der Waals surface area contributed by atoms with Crippen molar-refractivity contribution >= 4 is 15.9 Å². The van der Waals surface area contributed by atoms with E-state index in [-0.39, 0.29) is 5.56 Å². The molecule has 0 aliphatic heterocycles. The molecule has 98 valence electrons. The van der Waals surface area contributed by atoms with Gasteiger partial charge in [-0.15, -0.1) is 0 Å². The van der Waals surface area contributed by atoms with Gasteiger partial charge in [0, 0.05) is 15.6 Å². The molecule has 0 saturated carbocycles. The van der Waals surface area contributed by atoms with Crippen LogP contribution in [0.25, 0.3) is 11.4 Å². The van der Waals surface area contributed by atoms with Crippen LogP contribution in [0.2, 0.25) is 0 Å². The van der Waals surface area contributed by atoms with Crippen LogP contribution in [0.15, 0.2) is 27.5 Å². The number of rotatable bonds is 2. The lowest BCUT2D eigenvalue weighted by atomic mass is 10.2. The van der Waals surface area contributed by atoms with Gasteiger partial charge in [0.1, 0.15) is 11.6 Å². The molecule has 2 aromatic rings. The third-order valence-electron chi connectivity index (χ3n) is 3.37. The van der Waals surface area contributed by atoms with E-state index in [1.54, 1.807) is 7.11 Å². The van der Waals surface area contributed by atoms with Gasteiger partial charge in [0.25, 0.3) is 5.56 Å². The van der Waals surface area contributed by atoms with Gasteiger partial charge >= 0.3 is 0 Å². The summed E-state index contributed by atoms with van der Waals surface area (Å²) in [5.41, 5.74) is 2.58. The highest BCUT2D eigenvalue weighted by molar-refractivity contribution is 9.10. The van der Waals surface area contributed by atoms with Crippen LogP contribution in [0.5, 0.6) is 5.75 Å². The summed E-state index contributed by atoms with van der Waals surface area (Å²) >= 11 is 3.48. The van der Waals surface area contributed by atoms with Crippen molar-refractivity contribution in [2.75, 3.05) is 7.11 Å². The second kappa shape index (κ2) is 4.81. The van der Waals surface area contributed by atoms with Crippen LogP contribution in [0.4, 0.5) is 0 Å². The number of hydrogen-bond acceptors (Lipinski definition) is 3. The molecule has 1 aliphatic carbocycles. The Morgan fingerprint density at radius 2 is 2.21 bits per heavy atom. The van der Waals surface area contributed by atoms with Crippen LogP contribution in [-0.4, -0.2) is 17.1 Å². The van der Waals surface area contributed by atoms with Gasteiger partial charge < -0.3 is 9.72 Å². The first-order valence-electron chi connectivity index (χ1n) is 6.15. The molecule has 4 nitrogen and oxygen atoms in total. The van der Waals surface area contributed by atoms with Crippen molar-refractivity contribution in [2.45, 2.75) is 19.3 Å². The third-order valence-corrected chi connectivity index (χ3v) is 4.06. The summed E-state index contributed by atoms with van der Waals surface area (Å²) in [4.78, 5) is 19.5. The number of nitrogens with one attached hydrogen (secondary N) is 1. The van der Waals surface area contributed by atoms with Crippen molar-refractivity contribution in [3.05, 3.63) is 44.3 Å². The highest BCUT2D eigenvalue weighted by atomic mass is 79.9. The SMILES string of the molecule is COc1ccc(Br)c(-c2nc3c(c(=O)[nH]2)CCC3)c1. The number of fused-ring (bicyclic) bond motifs is 1. The maximum absolute atomic E-state index is 12.0. The lowest BCUT2D eigenvalue weighted by Crippen LogP contribution is -2.15. The van der Waals surface area contributed by atoms with Crippen molar-refractivity contribution in [2.24, 2.45) is 0 Å². The van der Waals surface area contributed by atoms with E-state index in [1.165, 1.54) is 0 Å². The zero-order valence-corrected chi connectivity index (χ0v) is 12.1. The molecule has 1 aromatic carbocycles.